The molecule has 0 heterocycles. The Balaban J connectivity index is 4.96. The van der Waals surface area contributed by atoms with Crippen LogP contribution in [0.25, 0.3) is 0 Å². The summed E-state index contributed by atoms with van der Waals surface area (Å²) in [6.07, 6.45) is 7.66. The number of allylic oxidation sites excluding steroid dienone is 1. The van der Waals surface area contributed by atoms with Gasteiger partial charge in [-0.1, -0.05) is 0 Å². The quantitative estimate of drug-likeness (QED) is 0.351. The molecule has 0 aliphatic carbocycles. The minimum atomic E-state index is -2.42. The van der Waals surface area contributed by atoms with Crippen LogP contribution in [0, 0.1) is 0 Å². The van der Waals surface area contributed by atoms with Gasteiger partial charge in [0, 0.05) is 0 Å². The SMILES string of the molecule is C=[C](C(C)=O)[Sn]([CH2]CCC)([CH2]CCC)[CH2]CCC. The summed E-state index contributed by atoms with van der Waals surface area (Å²) in [5, 5.41) is 0. The van der Waals surface area contributed by atoms with Crippen LogP contribution in [-0.2, 0) is 4.79 Å². The van der Waals surface area contributed by atoms with Crippen molar-refractivity contribution in [3.05, 3.63) is 10.2 Å². The van der Waals surface area contributed by atoms with Gasteiger partial charge in [0.15, 0.2) is 0 Å². The summed E-state index contributed by atoms with van der Waals surface area (Å²) in [5.74, 6) is 0.286. The predicted octanol–water partition coefficient (Wildman–Crippen LogP) is 5.52. The molecule has 0 radical (unpaired) electrons. The van der Waals surface area contributed by atoms with Crippen molar-refractivity contribution in [3.63, 3.8) is 0 Å². The summed E-state index contributed by atoms with van der Waals surface area (Å²) in [5.41, 5.74) is 0. The maximum atomic E-state index is 11.8. The molecule has 0 aliphatic heterocycles. The second-order valence-electron chi connectivity index (χ2n) is 5.63. The van der Waals surface area contributed by atoms with Crippen LogP contribution in [0.15, 0.2) is 10.2 Å². The Labute approximate surface area is 118 Å². The van der Waals surface area contributed by atoms with Gasteiger partial charge in [0.1, 0.15) is 0 Å². The van der Waals surface area contributed by atoms with Gasteiger partial charge in [-0.05, 0) is 0 Å². The Bertz CT molecular complexity index is 236. The molecule has 0 atom stereocenters. The molecule has 0 N–H and O–H groups in total. The molecule has 0 bridgehead atoms. The third-order valence-corrected chi connectivity index (χ3v) is 20.0. The molecule has 0 spiro atoms. The fraction of sp³-hybridized carbons (Fsp3) is 0.812. The van der Waals surface area contributed by atoms with Crippen LogP contribution < -0.4 is 0 Å². The molecule has 2 heteroatoms. The summed E-state index contributed by atoms with van der Waals surface area (Å²) in [4.78, 5) is 11.8. The van der Waals surface area contributed by atoms with Crippen molar-refractivity contribution in [3.8, 4) is 0 Å². The number of unbranched alkanes of at least 4 members (excludes halogenated alkanes) is 3. The Morgan fingerprint density at radius 3 is 1.44 bits per heavy atom. The molecule has 0 aromatic heterocycles. The van der Waals surface area contributed by atoms with E-state index in [9.17, 15) is 4.79 Å². The molecule has 0 saturated carbocycles. The molecule has 0 aromatic carbocycles. The number of Topliss-reactive ketones (excluding diaryl/α,β-unsaturated/α-hetero) is 1. The van der Waals surface area contributed by atoms with Crippen molar-refractivity contribution in [2.45, 2.75) is 79.5 Å². The molecule has 0 fully saturated rings. The fourth-order valence-corrected chi connectivity index (χ4v) is 18.4. The van der Waals surface area contributed by atoms with Crippen LogP contribution in [0.4, 0.5) is 0 Å². The van der Waals surface area contributed by atoms with Crippen molar-refractivity contribution >= 4 is 24.2 Å². The first-order chi connectivity index (χ1) is 8.54. The van der Waals surface area contributed by atoms with Gasteiger partial charge in [0.25, 0.3) is 0 Å². The molecule has 0 saturated heterocycles. The second kappa shape index (κ2) is 10.1. The Kier molecular flexibility index (Phi) is 10.2. The van der Waals surface area contributed by atoms with E-state index in [0.717, 1.165) is 3.59 Å². The third kappa shape index (κ3) is 5.90. The number of carbonyl (C=O) groups is 1. The van der Waals surface area contributed by atoms with E-state index in [1.54, 1.807) is 6.92 Å². The zero-order chi connectivity index (χ0) is 14.0. The molecule has 0 rings (SSSR count). The molecule has 0 unspecified atom stereocenters. The average molecular weight is 359 g/mol. The molecule has 0 aromatic rings. The van der Waals surface area contributed by atoms with Crippen molar-refractivity contribution in [2.75, 3.05) is 0 Å². The second-order valence-corrected chi connectivity index (χ2v) is 18.9. The summed E-state index contributed by atoms with van der Waals surface area (Å²) in [6, 6.07) is 0. The topological polar surface area (TPSA) is 17.1 Å². The zero-order valence-corrected chi connectivity index (χ0v) is 15.8. The van der Waals surface area contributed by atoms with Gasteiger partial charge < -0.3 is 0 Å². The normalized spacial score (nSPS) is 11.6. The summed E-state index contributed by atoms with van der Waals surface area (Å²) in [6.45, 7) is 12.7. The fourth-order valence-electron chi connectivity index (χ4n) is 2.75. The van der Waals surface area contributed by atoms with E-state index < -0.39 is 18.4 Å². The van der Waals surface area contributed by atoms with Gasteiger partial charge in [0.05, 0.1) is 0 Å². The third-order valence-electron chi connectivity index (χ3n) is 4.09. The molecular weight excluding hydrogens is 327 g/mol. The Morgan fingerprint density at radius 2 is 1.22 bits per heavy atom. The molecule has 0 amide bonds. The van der Waals surface area contributed by atoms with Gasteiger partial charge in [-0.15, -0.1) is 0 Å². The van der Waals surface area contributed by atoms with E-state index in [4.69, 9.17) is 0 Å². The Morgan fingerprint density at radius 1 is 0.889 bits per heavy atom. The summed E-state index contributed by atoms with van der Waals surface area (Å²) in [7, 11) is 0. The van der Waals surface area contributed by atoms with Crippen LogP contribution in [-0.4, -0.2) is 24.2 Å². The van der Waals surface area contributed by atoms with E-state index in [2.05, 4.69) is 27.4 Å². The van der Waals surface area contributed by atoms with Gasteiger partial charge in [-0.25, -0.2) is 0 Å². The molecule has 0 aliphatic rings. The van der Waals surface area contributed by atoms with E-state index in [1.807, 2.05) is 0 Å². The number of hydrogen-bond donors (Lipinski definition) is 0. The van der Waals surface area contributed by atoms with Crippen LogP contribution in [0.1, 0.15) is 66.2 Å². The molecule has 18 heavy (non-hydrogen) atoms. The first kappa shape index (κ1) is 18.2. The molecule has 106 valence electrons. The maximum absolute atomic E-state index is 11.8. The van der Waals surface area contributed by atoms with Crippen molar-refractivity contribution in [1.29, 1.82) is 0 Å². The molecular formula is C16H32OSn. The monoisotopic (exact) mass is 360 g/mol. The Hall–Kier alpha value is 0.209. The van der Waals surface area contributed by atoms with Crippen LogP contribution in [0.2, 0.25) is 13.3 Å². The van der Waals surface area contributed by atoms with Crippen LogP contribution in [0.3, 0.4) is 0 Å². The van der Waals surface area contributed by atoms with Crippen molar-refractivity contribution in [2.24, 2.45) is 0 Å². The standard InChI is InChI=1S/C4H5O.3C4H9.Sn/c1-3-4(2)5;3*1-3-4-2;/h1H2,2H3;3*1,3-4H2,2H3;. The van der Waals surface area contributed by atoms with Crippen molar-refractivity contribution in [1.82, 2.24) is 0 Å². The number of ketones is 1. The first-order valence-corrected chi connectivity index (χ1v) is 15.2. The summed E-state index contributed by atoms with van der Waals surface area (Å²) < 4.78 is 5.15. The van der Waals surface area contributed by atoms with E-state index in [1.165, 1.54) is 51.8 Å². The van der Waals surface area contributed by atoms with Gasteiger partial charge in [-0.3, -0.25) is 0 Å². The van der Waals surface area contributed by atoms with Crippen LogP contribution >= 0.6 is 0 Å². The average Bonchev–Trinajstić information content (AvgIpc) is 2.37. The number of rotatable bonds is 11. The number of hydrogen-bond acceptors (Lipinski definition) is 1. The van der Waals surface area contributed by atoms with E-state index in [0.29, 0.717) is 0 Å². The van der Waals surface area contributed by atoms with Gasteiger partial charge in [-0.2, -0.15) is 0 Å². The van der Waals surface area contributed by atoms with E-state index >= 15 is 0 Å². The van der Waals surface area contributed by atoms with Crippen molar-refractivity contribution < 1.29 is 4.79 Å². The predicted molar refractivity (Wildman–Crippen MR) is 84.7 cm³/mol. The zero-order valence-electron chi connectivity index (χ0n) is 13.0. The first-order valence-electron chi connectivity index (χ1n) is 7.74. The number of carbonyl (C=O) groups excluding carboxylic acids is 1. The molecule has 1 nitrogen and oxygen atoms in total. The van der Waals surface area contributed by atoms with Gasteiger partial charge in [0.2, 0.25) is 0 Å². The van der Waals surface area contributed by atoms with E-state index in [-0.39, 0.29) is 5.78 Å². The minimum absolute atomic E-state index is 0.286. The summed E-state index contributed by atoms with van der Waals surface area (Å²) >= 11 is -2.42. The van der Waals surface area contributed by atoms with Crippen LogP contribution in [0.5, 0.6) is 0 Å². The van der Waals surface area contributed by atoms with Gasteiger partial charge >= 0.3 is 119 Å².